The number of fused-ring (bicyclic) bond motifs is 1. The summed E-state index contributed by atoms with van der Waals surface area (Å²) < 4.78 is 90.8. The second-order valence-electron chi connectivity index (χ2n) is 8.17. The van der Waals surface area contributed by atoms with Crippen LogP contribution in [0.5, 0.6) is 0 Å². The van der Waals surface area contributed by atoms with E-state index in [1.54, 1.807) is 12.3 Å². The largest absolute Gasteiger partial charge is 0.455 e. The number of carbonyl (C=O) groups is 1. The predicted octanol–water partition coefficient (Wildman–Crippen LogP) is 4.29. The zero-order valence-electron chi connectivity index (χ0n) is 17.5. The highest BCUT2D eigenvalue weighted by Gasteiger charge is 2.59. The minimum Gasteiger partial charge on any atom is -0.304 e. The molecule has 1 aliphatic carbocycles. The summed E-state index contributed by atoms with van der Waals surface area (Å²) >= 11 is 0. The first-order chi connectivity index (χ1) is 15.3. The van der Waals surface area contributed by atoms with E-state index in [2.05, 4.69) is 9.97 Å². The standard InChI is InChI=1S/C21H20F5N3O3S/c1-2-33(31,32)17-8-14(12-3-4-12)9-28-19(17)15-7-13-5-6-18(30)29(16(13)10-27-15)11-20(22,23)21(24,25)26/h7-10,12H,2-6,11H2,1H3. The van der Waals surface area contributed by atoms with E-state index in [0.717, 1.165) is 24.6 Å². The second kappa shape index (κ2) is 8.00. The predicted molar refractivity (Wildman–Crippen MR) is 109 cm³/mol. The molecule has 0 N–H and O–H groups in total. The van der Waals surface area contributed by atoms with Crippen LogP contribution in [0.1, 0.15) is 43.2 Å². The van der Waals surface area contributed by atoms with Crippen LogP contribution in [-0.4, -0.2) is 48.7 Å². The molecule has 4 rings (SSSR count). The molecule has 1 fully saturated rings. The molecule has 1 aliphatic heterocycles. The summed E-state index contributed by atoms with van der Waals surface area (Å²) in [5, 5.41) is 0. The number of halogens is 5. The van der Waals surface area contributed by atoms with Crippen LogP contribution in [0.15, 0.2) is 29.4 Å². The molecule has 1 saturated carbocycles. The van der Waals surface area contributed by atoms with Gasteiger partial charge in [0.1, 0.15) is 5.69 Å². The molecule has 33 heavy (non-hydrogen) atoms. The average Bonchev–Trinajstić information content (AvgIpc) is 3.59. The molecule has 12 heteroatoms. The minimum absolute atomic E-state index is 0.00537. The number of carbonyl (C=O) groups excluding carboxylic acids is 1. The lowest BCUT2D eigenvalue weighted by Gasteiger charge is -2.32. The Balaban J connectivity index is 1.76. The summed E-state index contributed by atoms with van der Waals surface area (Å²) in [6, 6.07) is 2.97. The van der Waals surface area contributed by atoms with E-state index in [1.807, 2.05) is 0 Å². The lowest BCUT2D eigenvalue weighted by molar-refractivity contribution is -0.276. The van der Waals surface area contributed by atoms with Gasteiger partial charge >= 0.3 is 12.1 Å². The number of aryl methyl sites for hydroxylation is 1. The Morgan fingerprint density at radius 2 is 1.76 bits per heavy atom. The van der Waals surface area contributed by atoms with Gasteiger partial charge in [-0.05, 0) is 48.4 Å². The fourth-order valence-corrected chi connectivity index (χ4v) is 4.80. The molecule has 0 radical (unpaired) electrons. The van der Waals surface area contributed by atoms with E-state index in [9.17, 15) is 35.2 Å². The van der Waals surface area contributed by atoms with E-state index in [1.165, 1.54) is 13.0 Å². The highest BCUT2D eigenvalue weighted by molar-refractivity contribution is 7.91. The summed E-state index contributed by atoms with van der Waals surface area (Å²) in [5.74, 6) is -5.89. The topological polar surface area (TPSA) is 80.2 Å². The zero-order chi connectivity index (χ0) is 24.2. The molecule has 0 unspecified atom stereocenters. The molecular weight excluding hydrogens is 469 g/mol. The molecule has 3 heterocycles. The zero-order valence-corrected chi connectivity index (χ0v) is 18.3. The van der Waals surface area contributed by atoms with Gasteiger partial charge < -0.3 is 4.90 Å². The lowest BCUT2D eigenvalue weighted by atomic mass is 10.0. The molecule has 0 saturated heterocycles. The molecular formula is C21H20F5N3O3S. The maximum atomic E-state index is 13.6. The quantitative estimate of drug-likeness (QED) is 0.566. The van der Waals surface area contributed by atoms with Crippen molar-refractivity contribution < 1.29 is 35.2 Å². The van der Waals surface area contributed by atoms with Gasteiger partial charge in [0.25, 0.3) is 0 Å². The van der Waals surface area contributed by atoms with Crippen LogP contribution in [-0.2, 0) is 21.1 Å². The van der Waals surface area contributed by atoms with Gasteiger partial charge in [0.2, 0.25) is 5.91 Å². The van der Waals surface area contributed by atoms with Crippen LogP contribution < -0.4 is 4.90 Å². The van der Waals surface area contributed by atoms with E-state index in [-0.39, 0.29) is 46.5 Å². The fraction of sp³-hybridized carbons (Fsp3) is 0.476. The highest BCUT2D eigenvalue weighted by Crippen LogP contribution is 2.42. The number of alkyl halides is 5. The molecule has 0 spiro atoms. The van der Waals surface area contributed by atoms with Gasteiger partial charge in [-0.1, -0.05) is 6.92 Å². The number of anilines is 1. The van der Waals surface area contributed by atoms with Crippen molar-refractivity contribution >= 4 is 21.4 Å². The van der Waals surface area contributed by atoms with Crippen LogP contribution in [0.4, 0.5) is 27.6 Å². The van der Waals surface area contributed by atoms with Crippen LogP contribution in [0, 0.1) is 0 Å². The summed E-state index contributed by atoms with van der Waals surface area (Å²) in [5.41, 5.74) is 1.17. The fourth-order valence-electron chi connectivity index (χ4n) is 3.72. The average molecular weight is 489 g/mol. The summed E-state index contributed by atoms with van der Waals surface area (Å²) in [6.07, 6.45) is -1.51. The van der Waals surface area contributed by atoms with Crippen molar-refractivity contribution in [3.8, 4) is 11.4 Å². The van der Waals surface area contributed by atoms with Crippen LogP contribution in [0.25, 0.3) is 11.4 Å². The summed E-state index contributed by atoms with van der Waals surface area (Å²) in [7, 11) is -3.68. The first kappa shape index (κ1) is 23.5. The third-order valence-corrected chi connectivity index (χ3v) is 7.56. The Morgan fingerprint density at radius 3 is 2.36 bits per heavy atom. The van der Waals surface area contributed by atoms with Crippen molar-refractivity contribution in [1.29, 1.82) is 0 Å². The molecule has 0 bridgehead atoms. The van der Waals surface area contributed by atoms with Crippen molar-refractivity contribution in [2.24, 2.45) is 0 Å². The van der Waals surface area contributed by atoms with E-state index >= 15 is 0 Å². The van der Waals surface area contributed by atoms with Gasteiger partial charge in [-0.2, -0.15) is 22.0 Å². The van der Waals surface area contributed by atoms with Crippen molar-refractivity contribution in [3.05, 3.63) is 35.7 Å². The van der Waals surface area contributed by atoms with E-state index in [4.69, 9.17) is 0 Å². The molecule has 2 aromatic heterocycles. The van der Waals surface area contributed by atoms with Gasteiger partial charge in [-0.25, -0.2) is 8.42 Å². The van der Waals surface area contributed by atoms with Gasteiger partial charge in [-0.15, -0.1) is 0 Å². The van der Waals surface area contributed by atoms with Gasteiger partial charge in [0.05, 0.1) is 34.8 Å². The second-order valence-corrected chi connectivity index (χ2v) is 10.4. The molecule has 0 atom stereocenters. The Kier molecular flexibility index (Phi) is 5.70. The van der Waals surface area contributed by atoms with Crippen molar-refractivity contribution in [2.45, 2.75) is 55.5 Å². The number of hydrogen-bond acceptors (Lipinski definition) is 5. The number of pyridine rings is 2. The van der Waals surface area contributed by atoms with E-state index < -0.39 is 34.4 Å². The molecule has 2 aliphatic rings. The maximum absolute atomic E-state index is 13.6. The Hall–Kier alpha value is -2.63. The summed E-state index contributed by atoms with van der Waals surface area (Å²) in [6.45, 7) is -0.360. The SMILES string of the molecule is CCS(=O)(=O)c1cc(C2CC2)cnc1-c1cc2c(cn1)N(CC(F)(F)C(F)(F)F)C(=O)CC2. The number of rotatable bonds is 6. The number of nitrogens with zero attached hydrogens (tertiary/aromatic N) is 3. The molecule has 2 aromatic rings. The van der Waals surface area contributed by atoms with Gasteiger partial charge in [-0.3, -0.25) is 14.8 Å². The Labute approximate surface area is 186 Å². The first-order valence-electron chi connectivity index (χ1n) is 10.3. The number of hydrogen-bond donors (Lipinski definition) is 0. The monoisotopic (exact) mass is 489 g/mol. The van der Waals surface area contributed by atoms with Gasteiger partial charge in [0.15, 0.2) is 9.84 Å². The highest BCUT2D eigenvalue weighted by atomic mass is 32.2. The van der Waals surface area contributed by atoms with Crippen LogP contribution >= 0.6 is 0 Å². The smallest absolute Gasteiger partial charge is 0.304 e. The van der Waals surface area contributed by atoms with Crippen LogP contribution in [0.2, 0.25) is 0 Å². The Morgan fingerprint density at radius 1 is 1.06 bits per heavy atom. The van der Waals surface area contributed by atoms with Crippen molar-refractivity contribution in [1.82, 2.24) is 9.97 Å². The molecule has 1 amide bonds. The van der Waals surface area contributed by atoms with Crippen molar-refractivity contribution in [3.63, 3.8) is 0 Å². The van der Waals surface area contributed by atoms with Crippen LogP contribution in [0.3, 0.4) is 0 Å². The Bertz CT molecular complexity index is 1210. The molecule has 178 valence electrons. The third-order valence-electron chi connectivity index (χ3n) is 5.82. The molecule has 0 aromatic carbocycles. The first-order valence-corrected chi connectivity index (χ1v) is 12.0. The lowest BCUT2D eigenvalue weighted by Crippen LogP contribution is -2.50. The maximum Gasteiger partial charge on any atom is 0.455 e. The number of sulfone groups is 1. The normalized spacial score (nSPS) is 17.3. The summed E-state index contributed by atoms with van der Waals surface area (Å²) in [4.78, 5) is 20.9. The van der Waals surface area contributed by atoms with Gasteiger partial charge in [0, 0.05) is 12.6 Å². The number of amides is 1. The third kappa shape index (κ3) is 4.44. The number of aromatic nitrogens is 2. The van der Waals surface area contributed by atoms with Crippen molar-refractivity contribution in [2.75, 3.05) is 17.2 Å². The van der Waals surface area contributed by atoms with E-state index in [0.29, 0.717) is 10.5 Å². The minimum atomic E-state index is -5.81. The molecule has 6 nitrogen and oxygen atoms in total.